The van der Waals surface area contributed by atoms with Crippen molar-refractivity contribution in [2.24, 2.45) is 0 Å². The summed E-state index contributed by atoms with van der Waals surface area (Å²) >= 11 is 0. The van der Waals surface area contributed by atoms with Crippen molar-refractivity contribution < 1.29 is 19.2 Å². The van der Waals surface area contributed by atoms with Crippen molar-refractivity contribution in [2.75, 3.05) is 0 Å². The van der Waals surface area contributed by atoms with Gasteiger partial charge < -0.3 is 9.90 Å². The fraction of sp³-hybridized carbons (Fsp3) is 0.300. The van der Waals surface area contributed by atoms with Crippen LogP contribution in [0.25, 0.3) is 0 Å². The first-order chi connectivity index (χ1) is 7.47. The average molecular weight is 227 g/mol. The number of carbonyl (C=O) groups is 1. The first-order valence-electron chi connectivity index (χ1n) is 4.57. The molecule has 16 heavy (non-hydrogen) atoms. The molecule has 0 saturated heterocycles. The third-order valence-electron chi connectivity index (χ3n) is 2.26. The van der Waals surface area contributed by atoms with Gasteiger partial charge >= 0.3 is 5.69 Å². The summed E-state index contributed by atoms with van der Waals surface area (Å²) in [5.74, 6) is -1.86. The van der Waals surface area contributed by atoms with Crippen molar-refractivity contribution in [3.63, 3.8) is 0 Å². The molecule has 0 bridgehead atoms. The topological polar surface area (TPSA) is 80.4 Å². The lowest BCUT2D eigenvalue weighted by atomic mass is 9.96. The molecule has 0 aliphatic heterocycles. The summed E-state index contributed by atoms with van der Waals surface area (Å²) in [5, 5.41) is 20.1. The van der Waals surface area contributed by atoms with Crippen molar-refractivity contribution in [1.29, 1.82) is 0 Å². The Morgan fingerprint density at radius 3 is 2.75 bits per heavy atom. The molecule has 0 saturated carbocycles. The molecule has 6 heteroatoms. The largest absolute Gasteiger partial charge is 0.502 e. The maximum atomic E-state index is 13.1. The summed E-state index contributed by atoms with van der Waals surface area (Å²) < 4.78 is 13.1. The number of nitro benzene ring substituents is 1. The summed E-state index contributed by atoms with van der Waals surface area (Å²) in [7, 11) is 0. The van der Waals surface area contributed by atoms with E-state index in [1.54, 1.807) is 6.92 Å². The van der Waals surface area contributed by atoms with Crippen LogP contribution in [0.15, 0.2) is 12.1 Å². The maximum Gasteiger partial charge on any atom is 0.313 e. The Morgan fingerprint density at radius 2 is 2.25 bits per heavy atom. The van der Waals surface area contributed by atoms with Gasteiger partial charge in [-0.25, -0.2) is 4.39 Å². The van der Waals surface area contributed by atoms with Gasteiger partial charge in [-0.05, 0) is 12.0 Å². The summed E-state index contributed by atoms with van der Waals surface area (Å²) in [4.78, 5) is 19.9. The van der Waals surface area contributed by atoms with Crippen molar-refractivity contribution in [2.45, 2.75) is 19.3 Å². The number of hydrogen-bond donors (Lipinski definition) is 1. The zero-order valence-corrected chi connectivity index (χ0v) is 8.51. The Morgan fingerprint density at radius 1 is 1.62 bits per heavy atom. The van der Waals surface area contributed by atoms with Crippen molar-refractivity contribution >= 4 is 12.0 Å². The Bertz CT molecular complexity index is 433. The Kier molecular flexibility index (Phi) is 3.55. The van der Waals surface area contributed by atoms with Crippen LogP contribution < -0.4 is 0 Å². The molecule has 0 amide bonds. The highest BCUT2D eigenvalue weighted by molar-refractivity contribution is 5.56. The fourth-order valence-electron chi connectivity index (χ4n) is 1.39. The number of carbonyl (C=O) groups excluding carboxylic acids is 1. The van der Waals surface area contributed by atoms with E-state index in [0.717, 1.165) is 6.07 Å². The van der Waals surface area contributed by atoms with Gasteiger partial charge in [-0.2, -0.15) is 0 Å². The summed E-state index contributed by atoms with van der Waals surface area (Å²) in [6.45, 7) is 1.58. The van der Waals surface area contributed by atoms with E-state index in [0.29, 0.717) is 12.4 Å². The smallest absolute Gasteiger partial charge is 0.313 e. The molecule has 1 rings (SSSR count). The predicted octanol–water partition coefficient (Wildman–Crippen LogP) is 2.13. The zero-order valence-electron chi connectivity index (χ0n) is 8.51. The second-order valence-electron chi connectivity index (χ2n) is 3.42. The fourth-order valence-corrected chi connectivity index (χ4v) is 1.39. The van der Waals surface area contributed by atoms with Crippen molar-refractivity contribution in [1.82, 2.24) is 0 Å². The lowest BCUT2D eigenvalue weighted by Crippen LogP contribution is -1.99. The van der Waals surface area contributed by atoms with Crippen LogP contribution in [0.2, 0.25) is 0 Å². The highest BCUT2D eigenvalue weighted by Crippen LogP contribution is 2.36. The molecule has 1 N–H and O–H groups in total. The van der Waals surface area contributed by atoms with Crippen LogP contribution >= 0.6 is 0 Å². The molecular formula is C10H10FNO4. The Hall–Kier alpha value is -1.98. The van der Waals surface area contributed by atoms with E-state index < -0.39 is 28.1 Å². The van der Waals surface area contributed by atoms with Crippen LogP contribution in [0, 0.1) is 15.9 Å². The van der Waals surface area contributed by atoms with E-state index in [4.69, 9.17) is 0 Å². The number of phenols is 1. The van der Waals surface area contributed by atoms with Crippen molar-refractivity contribution in [3.05, 3.63) is 33.6 Å². The van der Waals surface area contributed by atoms with Gasteiger partial charge in [0, 0.05) is 12.0 Å². The van der Waals surface area contributed by atoms with Gasteiger partial charge in [-0.15, -0.1) is 0 Å². The van der Waals surface area contributed by atoms with E-state index in [1.807, 2.05) is 0 Å². The molecule has 1 atom stereocenters. The summed E-state index contributed by atoms with van der Waals surface area (Å²) in [6.07, 6.45) is 0.676. The molecule has 0 spiro atoms. The first-order valence-corrected chi connectivity index (χ1v) is 4.57. The lowest BCUT2D eigenvalue weighted by molar-refractivity contribution is -0.386. The molecular weight excluding hydrogens is 217 g/mol. The number of aldehydes is 1. The van der Waals surface area contributed by atoms with Gasteiger partial charge in [0.25, 0.3) is 0 Å². The number of rotatable bonds is 4. The van der Waals surface area contributed by atoms with Crippen LogP contribution in [-0.4, -0.2) is 16.3 Å². The number of phenolic OH excluding ortho intramolecular Hbond substituents is 1. The van der Waals surface area contributed by atoms with Crippen LogP contribution in [0.1, 0.15) is 24.8 Å². The SMILES string of the molecule is CC(CC=O)c1cc(F)cc([N+](=O)[O-])c1O. The number of halogens is 1. The molecule has 86 valence electrons. The highest BCUT2D eigenvalue weighted by atomic mass is 19.1. The molecule has 0 aliphatic rings. The van der Waals surface area contributed by atoms with Gasteiger partial charge in [0.05, 0.1) is 11.0 Å². The quantitative estimate of drug-likeness (QED) is 0.485. The van der Waals surface area contributed by atoms with Crippen LogP contribution in [0.5, 0.6) is 5.75 Å². The summed E-state index contributed by atoms with van der Waals surface area (Å²) in [6, 6.07) is 1.64. The first kappa shape index (κ1) is 12.1. The number of nitro groups is 1. The lowest BCUT2D eigenvalue weighted by Gasteiger charge is -2.10. The van der Waals surface area contributed by atoms with E-state index in [9.17, 15) is 24.4 Å². The van der Waals surface area contributed by atoms with Crippen LogP contribution in [0.3, 0.4) is 0 Å². The second kappa shape index (κ2) is 4.69. The molecule has 0 aliphatic carbocycles. The van der Waals surface area contributed by atoms with Crippen LogP contribution in [0.4, 0.5) is 10.1 Å². The second-order valence-corrected chi connectivity index (χ2v) is 3.42. The molecule has 1 aromatic carbocycles. The van der Waals surface area contributed by atoms with Crippen LogP contribution in [-0.2, 0) is 4.79 Å². The standard InChI is InChI=1S/C10H10FNO4/c1-6(2-3-13)8-4-7(11)5-9(10(8)14)12(15)16/h3-6,14H,2H2,1H3. The monoisotopic (exact) mass is 227 g/mol. The Balaban J connectivity index is 3.28. The van der Waals surface area contributed by atoms with E-state index in [1.165, 1.54) is 0 Å². The normalized spacial score (nSPS) is 12.1. The van der Waals surface area contributed by atoms with E-state index in [-0.39, 0.29) is 12.0 Å². The minimum absolute atomic E-state index is 0.0637. The molecule has 0 fully saturated rings. The van der Waals surface area contributed by atoms with Gasteiger partial charge in [0.1, 0.15) is 12.1 Å². The maximum absolute atomic E-state index is 13.1. The molecule has 0 heterocycles. The molecule has 5 nitrogen and oxygen atoms in total. The molecule has 1 unspecified atom stereocenters. The molecule has 1 aromatic rings. The predicted molar refractivity (Wildman–Crippen MR) is 53.8 cm³/mol. The Labute approximate surface area is 90.7 Å². The zero-order chi connectivity index (χ0) is 12.3. The molecule has 0 radical (unpaired) electrons. The van der Waals surface area contributed by atoms with Gasteiger partial charge in [-0.3, -0.25) is 10.1 Å². The van der Waals surface area contributed by atoms with E-state index >= 15 is 0 Å². The number of hydrogen-bond acceptors (Lipinski definition) is 4. The third kappa shape index (κ3) is 2.33. The number of aromatic hydroxyl groups is 1. The minimum atomic E-state index is -0.866. The summed E-state index contributed by atoms with van der Waals surface area (Å²) in [5.41, 5.74) is -0.619. The average Bonchev–Trinajstić information content (AvgIpc) is 2.20. The number of benzene rings is 1. The molecule has 0 aromatic heterocycles. The van der Waals surface area contributed by atoms with Gasteiger partial charge in [0.2, 0.25) is 0 Å². The van der Waals surface area contributed by atoms with E-state index in [2.05, 4.69) is 0 Å². The highest BCUT2D eigenvalue weighted by Gasteiger charge is 2.22. The van der Waals surface area contributed by atoms with Gasteiger partial charge in [0.15, 0.2) is 5.75 Å². The van der Waals surface area contributed by atoms with Gasteiger partial charge in [-0.1, -0.05) is 6.92 Å². The minimum Gasteiger partial charge on any atom is -0.502 e. The van der Waals surface area contributed by atoms with Crippen molar-refractivity contribution in [3.8, 4) is 5.75 Å². The third-order valence-corrected chi connectivity index (χ3v) is 2.26. The number of nitrogens with zero attached hydrogens (tertiary/aromatic N) is 1.